The van der Waals surface area contributed by atoms with Gasteiger partial charge in [0.15, 0.2) is 0 Å². The van der Waals surface area contributed by atoms with Crippen LogP contribution in [0.25, 0.3) is 16.5 Å². The first-order valence-corrected chi connectivity index (χ1v) is 10.2. The molecule has 1 fully saturated rings. The molecule has 8 nitrogen and oxygen atoms in total. The van der Waals surface area contributed by atoms with Crippen LogP contribution >= 0.6 is 11.8 Å². The van der Waals surface area contributed by atoms with E-state index in [-0.39, 0.29) is 5.69 Å². The van der Waals surface area contributed by atoms with Gasteiger partial charge in [0, 0.05) is 47.6 Å². The third kappa shape index (κ3) is 3.34. The van der Waals surface area contributed by atoms with Gasteiger partial charge in [0.1, 0.15) is 0 Å². The molecule has 0 unspecified atom stereocenters. The summed E-state index contributed by atoms with van der Waals surface area (Å²) >= 11 is 0.885. The van der Waals surface area contributed by atoms with Crippen LogP contribution in [0, 0.1) is 10.1 Å². The number of nitro benzene ring substituents is 1. The molecule has 3 aromatic rings. The zero-order chi connectivity index (χ0) is 21.5. The summed E-state index contributed by atoms with van der Waals surface area (Å²) in [6.07, 6.45) is 5.36. The molecule has 5 rings (SSSR count). The molecule has 2 aliphatic rings. The first-order chi connectivity index (χ1) is 15.0. The Hall–Kier alpha value is -3.98. The van der Waals surface area contributed by atoms with Crippen molar-refractivity contribution in [2.75, 3.05) is 4.90 Å². The maximum Gasteiger partial charge on any atom is 0.290 e. The molecule has 1 N–H and O–H groups in total. The Morgan fingerprint density at radius 2 is 1.90 bits per heavy atom. The number of nitrogens with zero attached hydrogens (tertiary/aromatic N) is 3. The highest BCUT2D eigenvalue weighted by molar-refractivity contribution is 8.18. The average Bonchev–Trinajstić information content (AvgIpc) is 3.11. The molecule has 0 spiro atoms. The van der Waals surface area contributed by atoms with Gasteiger partial charge in [-0.15, -0.1) is 0 Å². The number of nitro groups is 1. The minimum absolute atomic E-state index is 0.0337. The van der Waals surface area contributed by atoms with Crippen LogP contribution < -0.4 is 10.2 Å². The van der Waals surface area contributed by atoms with Gasteiger partial charge in [0.2, 0.25) is 0 Å². The number of amides is 2. The summed E-state index contributed by atoms with van der Waals surface area (Å²) in [7, 11) is 0. The number of hydrogen-bond donors (Lipinski definition) is 1. The van der Waals surface area contributed by atoms with Crippen LogP contribution in [-0.4, -0.2) is 21.1 Å². The summed E-state index contributed by atoms with van der Waals surface area (Å²) in [6.45, 7) is 0.456. The lowest BCUT2D eigenvalue weighted by Crippen LogP contribution is -2.22. The van der Waals surface area contributed by atoms with Gasteiger partial charge in [-0.25, -0.2) is 0 Å². The average molecular weight is 430 g/mol. The first kappa shape index (κ1) is 19.0. The lowest BCUT2D eigenvalue weighted by Gasteiger charge is -2.29. The number of imide groups is 1. The summed E-state index contributed by atoms with van der Waals surface area (Å²) in [5.41, 5.74) is 3.95. The van der Waals surface area contributed by atoms with Gasteiger partial charge in [-0.05, 0) is 29.5 Å². The zero-order valence-corrected chi connectivity index (χ0v) is 16.8. The molecular weight excluding hydrogens is 416 g/mol. The second-order valence-corrected chi connectivity index (χ2v) is 7.97. The van der Waals surface area contributed by atoms with Crippen molar-refractivity contribution in [2.24, 2.45) is 0 Å². The van der Waals surface area contributed by atoms with Gasteiger partial charge in [-0.1, -0.05) is 30.3 Å². The Kier molecular flexibility index (Phi) is 4.52. The number of pyridine rings is 1. The van der Waals surface area contributed by atoms with Gasteiger partial charge < -0.3 is 4.90 Å². The predicted octanol–water partition coefficient (Wildman–Crippen LogP) is 4.37. The Balaban J connectivity index is 1.64. The van der Waals surface area contributed by atoms with Crippen molar-refractivity contribution in [3.63, 3.8) is 0 Å². The maximum atomic E-state index is 12.3. The van der Waals surface area contributed by atoms with Crippen molar-refractivity contribution < 1.29 is 14.5 Å². The van der Waals surface area contributed by atoms with Gasteiger partial charge in [-0.2, -0.15) is 0 Å². The van der Waals surface area contributed by atoms with E-state index in [1.54, 1.807) is 18.3 Å². The molecule has 0 bridgehead atoms. The highest BCUT2D eigenvalue weighted by atomic mass is 32.2. The van der Waals surface area contributed by atoms with Crippen LogP contribution in [0.15, 0.2) is 71.9 Å². The fourth-order valence-corrected chi connectivity index (χ4v) is 4.47. The largest absolute Gasteiger partial charge is 0.341 e. The number of carbonyl (C=O) groups excluding carboxylic acids is 2. The number of allylic oxidation sites excluding steroid dienone is 2. The van der Waals surface area contributed by atoms with Crippen molar-refractivity contribution in [3.05, 3.63) is 93.2 Å². The standard InChI is InChI=1S/C22H14N4O4S/c27-21-20(31-22(28)24-21)17-9-11-25(12-13-3-6-15(7-4-13)26(29)30)19-16(17)8-5-14-2-1-10-23-18(14)19/h1-11H,12H2,(H,24,27,28)/b20-17+. The molecule has 0 radical (unpaired) electrons. The smallest absolute Gasteiger partial charge is 0.290 e. The second kappa shape index (κ2) is 7.37. The molecule has 3 heterocycles. The molecule has 152 valence electrons. The monoisotopic (exact) mass is 430 g/mol. The lowest BCUT2D eigenvalue weighted by molar-refractivity contribution is -0.384. The van der Waals surface area contributed by atoms with Gasteiger partial charge in [0.25, 0.3) is 16.8 Å². The molecule has 0 aliphatic carbocycles. The number of anilines is 1. The van der Waals surface area contributed by atoms with E-state index in [1.807, 2.05) is 41.4 Å². The predicted molar refractivity (Wildman–Crippen MR) is 118 cm³/mol. The minimum Gasteiger partial charge on any atom is -0.341 e. The molecule has 1 saturated heterocycles. The molecule has 2 aromatic carbocycles. The summed E-state index contributed by atoms with van der Waals surface area (Å²) < 4.78 is 0. The number of thioether (sulfide) groups is 1. The summed E-state index contributed by atoms with van der Waals surface area (Å²) in [5.74, 6) is -0.412. The number of aromatic nitrogens is 1. The minimum atomic E-state index is -0.429. The first-order valence-electron chi connectivity index (χ1n) is 9.35. The van der Waals surface area contributed by atoms with Gasteiger partial charge in [-0.3, -0.25) is 30.0 Å². The van der Waals surface area contributed by atoms with Crippen molar-refractivity contribution in [3.8, 4) is 0 Å². The van der Waals surface area contributed by atoms with E-state index < -0.39 is 16.1 Å². The molecular formula is C22H14N4O4S. The number of hydrogen-bond acceptors (Lipinski definition) is 7. The maximum absolute atomic E-state index is 12.3. The Labute approximate surface area is 180 Å². The van der Waals surface area contributed by atoms with Crippen LogP contribution in [0.5, 0.6) is 0 Å². The van der Waals surface area contributed by atoms with Crippen LogP contribution in [0.3, 0.4) is 0 Å². The molecule has 1 aromatic heterocycles. The Bertz CT molecular complexity index is 1330. The van der Waals surface area contributed by atoms with Crippen LogP contribution in [0.1, 0.15) is 11.1 Å². The number of carbonyl (C=O) groups is 2. The van der Waals surface area contributed by atoms with Crippen molar-refractivity contribution in [1.82, 2.24) is 10.3 Å². The number of fused-ring (bicyclic) bond motifs is 3. The summed E-state index contributed by atoms with van der Waals surface area (Å²) in [6, 6.07) is 14.1. The fraction of sp³-hybridized carbons (Fsp3) is 0.0455. The zero-order valence-electron chi connectivity index (χ0n) is 15.9. The van der Waals surface area contributed by atoms with Crippen LogP contribution in [0.2, 0.25) is 0 Å². The molecule has 0 saturated carbocycles. The van der Waals surface area contributed by atoms with Crippen molar-refractivity contribution >= 4 is 50.8 Å². The van der Waals surface area contributed by atoms with E-state index in [0.717, 1.165) is 39.5 Å². The molecule has 2 amide bonds. The third-order valence-corrected chi connectivity index (χ3v) is 6.00. The van der Waals surface area contributed by atoms with E-state index >= 15 is 0 Å². The molecule has 31 heavy (non-hydrogen) atoms. The topological polar surface area (TPSA) is 105 Å². The van der Waals surface area contributed by atoms with Gasteiger partial charge in [0.05, 0.1) is 21.0 Å². The Morgan fingerprint density at radius 3 is 2.61 bits per heavy atom. The summed E-state index contributed by atoms with van der Waals surface area (Å²) in [4.78, 5) is 41.4. The van der Waals surface area contributed by atoms with E-state index in [0.29, 0.717) is 17.0 Å². The van der Waals surface area contributed by atoms with Crippen molar-refractivity contribution in [2.45, 2.75) is 6.54 Å². The van der Waals surface area contributed by atoms with E-state index in [1.165, 1.54) is 12.1 Å². The highest BCUT2D eigenvalue weighted by Gasteiger charge is 2.31. The molecule has 9 heteroatoms. The highest BCUT2D eigenvalue weighted by Crippen LogP contribution is 2.43. The van der Waals surface area contributed by atoms with Crippen LogP contribution in [0.4, 0.5) is 16.2 Å². The third-order valence-electron chi connectivity index (χ3n) is 5.11. The fourth-order valence-electron chi connectivity index (χ4n) is 3.71. The lowest BCUT2D eigenvalue weighted by atomic mass is 9.96. The van der Waals surface area contributed by atoms with Crippen molar-refractivity contribution in [1.29, 1.82) is 0 Å². The number of non-ortho nitro benzene ring substituents is 1. The Morgan fingerprint density at radius 1 is 1.10 bits per heavy atom. The van der Waals surface area contributed by atoms with Gasteiger partial charge >= 0.3 is 0 Å². The van der Waals surface area contributed by atoms with E-state index in [2.05, 4.69) is 10.3 Å². The number of benzene rings is 2. The number of rotatable bonds is 3. The second-order valence-electron chi connectivity index (χ2n) is 6.99. The van der Waals surface area contributed by atoms with E-state index in [4.69, 9.17) is 0 Å². The SMILES string of the molecule is O=C1NC(=O)/C(=C2/C=CN(Cc3ccc([N+](=O)[O-])cc3)c3c2ccc2cccnc32)S1. The quantitative estimate of drug-likeness (QED) is 0.374. The van der Waals surface area contributed by atoms with Crippen LogP contribution in [-0.2, 0) is 11.3 Å². The normalized spacial score (nSPS) is 17.7. The summed E-state index contributed by atoms with van der Waals surface area (Å²) in [5, 5.41) is 13.8. The number of nitrogens with one attached hydrogen (secondary N) is 1. The molecule has 0 atom stereocenters. The molecule has 2 aliphatic heterocycles. The van der Waals surface area contributed by atoms with E-state index in [9.17, 15) is 19.7 Å².